The van der Waals surface area contributed by atoms with Crippen LogP contribution in [0.2, 0.25) is 0 Å². The van der Waals surface area contributed by atoms with Gasteiger partial charge in [-0.15, -0.1) is 0 Å². The monoisotopic (exact) mass is 251 g/mol. The Bertz CT molecular complexity index is 246. The first-order chi connectivity index (χ1) is 7.55. The first kappa shape index (κ1) is 15.9. The Kier molecular flexibility index (Phi) is 8.89. The van der Waals surface area contributed by atoms with E-state index in [-0.39, 0.29) is 18.3 Å². The SMILES string of the molecule is CCCCS(=O)(=O)NCC(CCC)CCO. The van der Waals surface area contributed by atoms with Crippen molar-refractivity contribution in [3.63, 3.8) is 0 Å². The third-order valence-corrected chi connectivity index (χ3v) is 4.03. The molecule has 0 bridgehead atoms. The lowest BCUT2D eigenvalue weighted by Crippen LogP contribution is -2.31. The predicted octanol–water partition coefficient (Wildman–Crippen LogP) is 1.50. The molecule has 0 saturated heterocycles. The average Bonchev–Trinajstić information content (AvgIpc) is 2.24. The van der Waals surface area contributed by atoms with Gasteiger partial charge in [-0.05, 0) is 25.2 Å². The molecule has 16 heavy (non-hydrogen) atoms. The van der Waals surface area contributed by atoms with Gasteiger partial charge in [-0.3, -0.25) is 0 Å². The van der Waals surface area contributed by atoms with Crippen LogP contribution < -0.4 is 4.72 Å². The van der Waals surface area contributed by atoms with Gasteiger partial charge in [-0.2, -0.15) is 0 Å². The third-order valence-electron chi connectivity index (χ3n) is 2.59. The molecule has 0 aromatic heterocycles. The Balaban J connectivity index is 3.97. The maximum Gasteiger partial charge on any atom is 0.211 e. The van der Waals surface area contributed by atoms with Gasteiger partial charge < -0.3 is 5.11 Å². The topological polar surface area (TPSA) is 66.4 Å². The molecule has 1 atom stereocenters. The molecule has 0 rings (SSSR count). The zero-order valence-corrected chi connectivity index (χ0v) is 11.2. The summed E-state index contributed by atoms with van der Waals surface area (Å²) in [6.45, 7) is 4.62. The van der Waals surface area contributed by atoms with Gasteiger partial charge in [0.25, 0.3) is 0 Å². The van der Waals surface area contributed by atoms with Gasteiger partial charge in [0.05, 0.1) is 5.75 Å². The van der Waals surface area contributed by atoms with Crippen molar-refractivity contribution in [3.8, 4) is 0 Å². The lowest BCUT2D eigenvalue weighted by atomic mass is 10.0. The highest BCUT2D eigenvalue weighted by molar-refractivity contribution is 7.89. The molecule has 4 nitrogen and oxygen atoms in total. The normalized spacial score (nSPS) is 13.9. The molecule has 98 valence electrons. The fourth-order valence-electron chi connectivity index (χ4n) is 1.59. The molecular weight excluding hydrogens is 226 g/mol. The number of aliphatic hydroxyl groups is 1. The standard InChI is InChI=1S/C11H25NO3S/c1-3-5-9-16(14,15)12-10-11(6-4-2)7-8-13/h11-13H,3-10H2,1-2H3. The summed E-state index contributed by atoms with van der Waals surface area (Å²) in [4.78, 5) is 0. The molecule has 0 aliphatic carbocycles. The van der Waals surface area contributed by atoms with E-state index in [9.17, 15) is 8.42 Å². The number of hydrogen-bond donors (Lipinski definition) is 2. The smallest absolute Gasteiger partial charge is 0.211 e. The van der Waals surface area contributed by atoms with Crippen LogP contribution in [0.1, 0.15) is 46.0 Å². The maximum atomic E-state index is 11.5. The second-order valence-electron chi connectivity index (χ2n) is 4.19. The number of hydrogen-bond acceptors (Lipinski definition) is 3. The van der Waals surface area contributed by atoms with Crippen LogP contribution in [-0.2, 0) is 10.0 Å². The lowest BCUT2D eigenvalue weighted by Gasteiger charge is -2.15. The van der Waals surface area contributed by atoms with Crippen molar-refractivity contribution >= 4 is 10.0 Å². The largest absolute Gasteiger partial charge is 0.396 e. The van der Waals surface area contributed by atoms with E-state index in [4.69, 9.17) is 5.11 Å². The third kappa shape index (κ3) is 8.07. The number of aliphatic hydroxyl groups excluding tert-OH is 1. The summed E-state index contributed by atoms with van der Waals surface area (Å²) >= 11 is 0. The molecular formula is C11H25NO3S. The fraction of sp³-hybridized carbons (Fsp3) is 1.00. The number of rotatable bonds is 10. The zero-order chi connectivity index (χ0) is 12.4. The molecule has 2 N–H and O–H groups in total. The first-order valence-electron chi connectivity index (χ1n) is 6.13. The summed E-state index contributed by atoms with van der Waals surface area (Å²) < 4.78 is 25.7. The van der Waals surface area contributed by atoms with Gasteiger partial charge in [0.1, 0.15) is 0 Å². The van der Waals surface area contributed by atoms with Gasteiger partial charge in [0, 0.05) is 13.2 Å². The molecule has 0 aliphatic heterocycles. The highest BCUT2D eigenvalue weighted by Gasteiger charge is 2.13. The summed E-state index contributed by atoms with van der Waals surface area (Å²) in [7, 11) is -3.11. The number of nitrogens with one attached hydrogen (secondary N) is 1. The van der Waals surface area contributed by atoms with E-state index in [1.165, 1.54) is 0 Å². The fourth-order valence-corrected chi connectivity index (χ4v) is 2.89. The van der Waals surface area contributed by atoms with E-state index >= 15 is 0 Å². The van der Waals surface area contributed by atoms with Gasteiger partial charge in [-0.1, -0.05) is 26.7 Å². The lowest BCUT2D eigenvalue weighted by molar-refractivity contribution is 0.251. The van der Waals surface area contributed by atoms with Crippen molar-refractivity contribution in [2.24, 2.45) is 5.92 Å². The van der Waals surface area contributed by atoms with E-state index in [0.29, 0.717) is 19.4 Å². The summed E-state index contributed by atoms with van der Waals surface area (Å²) in [5, 5.41) is 8.86. The van der Waals surface area contributed by atoms with E-state index in [1.54, 1.807) is 0 Å². The zero-order valence-electron chi connectivity index (χ0n) is 10.4. The minimum absolute atomic E-state index is 0.126. The Labute approximate surface area is 99.5 Å². The molecule has 0 aliphatic rings. The van der Waals surface area contributed by atoms with Crippen LogP contribution >= 0.6 is 0 Å². The Morgan fingerprint density at radius 3 is 2.38 bits per heavy atom. The van der Waals surface area contributed by atoms with E-state index in [2.05, 4.69) is 11.6 Å². The van der Waals surface area contributed by atoms with Gasteiger partial charge in [0.2, 0.25) is 10.0 Å². The van der Waals surface area contributed by atoms with Crippen LogP contribution in [0.4, 0.5) is 0 Å². The molecule has 5 heteroatoms. The quantitative estimate of drug-likeness (QED) is 0.618. The average molecular weight is 251 g/mol. The first-order valence-corrected chi connectivity index (χ1v) is 7.79. The minimum atomic E-state index is -3.11. The molecule has 0 aromatic rings. The maximum absolute atomic E-state index is 11.5. The van der Waals surface area contributed by atoms with Gasteiger partial charge in [-0.25, -0.2) is 13.1 Å². The Hall–Kier alpha value is -0.130. The van der Waals surface area contributed by atoms with Gasteiger partial charge in [0.15, 0.2) is 0 Å². The number of sulfonamides is 1. The van der Waals surface area contributed by atoms with Crippen molar-refractivity contribution in [2.75, 3.05) is 18.9 Å². The summed E-state index contributed by atoms with van der Waals surface area (Å²) in [6, 6.07) is 0. The highest BCUT2D eigenvalue weighted by atomic mass is 32.2. The Morgan fingerprint density at radius 2 is 1.88 bits per heavy atom. The molecule has 1 unspecified atom stereocenters. The van der Waals surface area contributed by atoms with E-state index in [1.807, 2.05) is 6.92 Å². The highest BCUT2D eigenvalue weighted by Crippen LogP contribution is 2.10. The molecule has 0 radical (unpaired) electrons. The van der Waals surface area contributed by atoms with Crippen LogP contribution in [0.3, 0.4) is 0 Å². The molecule has 0 saturated carbocycles. The number of unbranched alkanes of at least 4 members (excludes halogenated alkanes) is 1. The second kappa shape index (κ2) is 8.96. The van der Waals surface area contributed by atoms with Crippen molar-refractivity contribution in [1.29, 1.82) is 0 Å². The molecule has 0 fully saturated rings. The van der Waals surface area contributed by atoms with Gasteiger partial charge >= 0.3 is 0 Å². The van der Waals surface area contributed by atoms with Crippen LogP contribution in [0.15, 0.2) is 0 Å². The van der Waals surface area contributed by atoms with E-state index < -0.39 is 10.0 Å². The van der Waals surface area contributed by atoms with Crippen molar-refractivity contribution in [1.82, 2.24) is 4.72 Å². The molecule has 0 heterocycles. The second-order valence-corrected chi connectivity index (χ2v) is 6.11. The summed E-state index contributed by atoms with van der Waals surface area (Å²) in [5.41, 5.74) is 0. The predicted molar refractivity (Wildman–Crippen MR) is 66.8 cm³/mol. The molecule has 0 amide bonds. The van der Waals surface area contributed by atoms with Crippen LogP contribution in [-0.4, -0.2) is 32.4 Å². The molecule has 0 spiro atoms. The Morgan fingerprint density at radius 1 is 1.19 bits per heavy atom. The van der Waals surface area contributed by atoms with Crippen LogP contribution in [0.5, 0.6) is 0 Å². The summed E-state index contributed by atoms with van der Waals surface area (Å²) in [5.74, 6) is 0.466. The minimum Gasteiger partial charge on any atom is -0.396 e. The van der Waals surface area contributed by atoms with Crippen molar-refractivity contribution < 1.29 is 13.5 Å². The van der Waals surface area contributed by atoms with Crippen LogP contribution in [0.25, 0.3) is 0 Å². The van der Waals surface area contributed by atoms with Crippen LogP contribution in [0, 0.1) is 5.92 Å². The van der Waals surface area contributed by atoms with Crippen molar-refractivity contribution in [3.05, 3.63) is 0 Å². The summed E-state index contributed by atoms with van der Waals surface area (Å²) in [6.07, 6.45) is 4.23. The van der Waals surface area contributed by atoms with E-state index in [0.717, 1.165) is 19.3 Å². The van der Waals surface area contributed by atoms with Crippen molar-refractivity contribution in [2.45, 2.75) is 46.0 Å². The molecule has 0 aromatic carbocycles.